The molecular weight excluding hydrogens is 352 g/mol. The first-order valence-electron chi connectivity index (χ1n) is 9.18. The lowest BCUT2D eigenvalue weighted by molar-refractivity contribution is -0.166. The summed E-state index contributed by atoms with van der Waals surface area (Å²) in [6.45, 7) is 11.5. The molecule has 0 aromatic carbocycles. The smallest absolute Gasteiger partial charge is 0.0653 e. The number of halogens is 1. The third-order valence-corrected chi connectivity index (χ3v) is 8.83. The Bertz CT molecular complexity index is 455. The Morgan fingerprint density at radius 3 is 2.43 bits per heavy atom. The van der Waals surface area contributed by atoms with Gasteiger partial charge in [0.05, 0.1) is 12.2 Å². The number of alkyl halides is 1. The third kappa shape index (κ3) is 3.57. The molecule has 134 valence electrons. The average molecular weight is 387 g/mol. The molecule has 0 bridgehead atoms. The Morgan fingerprint density at radius 2 is 1.83 bits per heavy atom. The van der Waals surface area contributed by atoms with Gasteiger partial charge in [0.15, 0.2) is 0 Å². The molecule has 0 heterocycles. The van der Waals surface area contributed by atoms with Gasteiger partial charge in [-0.25, -0.2) is 0 Å². The lowest BCUT2D eigenvalue weighted by Gasteiger charge is -2.62. The van der Waals surface area contributed by atoms with E-state index in [4.69, 9.17) is 5.11 Å². The normalized spacial score (nSPS) is 44.0. The number of hydrogen-bond donors (Lipinski definition) is 2. The third-order valence-electron chi connectivity index (χ3n) is 7.19. The van der Waals surface area contributed by atoms with Crippen LogP contribution in [0.15, 0.2) is 11.6 Å². The Morgan fingerprint density at radius 1 is 1.17 bits per heavy atom. The molecule has 2 fully saturated rings. The zero-order chi connectivity index (χ0) is 17.5. The van der Waals surface area contributed by atoms with Gasteiger partial charge < -0.3 is 10.2 Å². The number of hydrogen-bond acceptors (Lipinski definition) is 2. The van der Waals surface area contributed by atoms with Crippen molar-refractivity contribution < 1.29 is 10.2 Å². The first kappa shape index (κ1) is 19.5. The van der Waals surface area contributed by atoms with Gasteiger partial charge in [-0.05, 0) is 75.0 Å². The van der Waals surface area contributed by atoms with E-state index in [1.165, 1.54) is 18.4 Å². The SMILES string of the molecule is C/C(=C\CO)CC[C@@H]1[C@@]2(C)CC[C@H](Br)C(C)(C)[C@@H]2CC[C@]1(C)O. The van der Waals surface area contributed by atoms with Gasteiger partial charge in [0, 0.05) is 4.83 Å². The molecule has 0 saturated heterocycles. The second kappa shape index (κ2) is 6.80. The molecule has 3 heteroatoms. The minimum Gasteiger partial charge on any atom is -0.392 e. The topological polar surface area (TPSA) is 40.5 Å². The predicted octanol–water partition coefficient (Wildman–Crippen LogP) is 5.07. The molecule has 2 nitrogen and oxygen atoms in total. The van der Waals surface area contributed by atoms with Crippen LogP contribution in [0.3, 0.4) is 0 Å². The molecule has 0 aromatic heterocycles. The van der Waals surface area contributed by atoms with Crippen molar-refractivity contribution in [2.75, 3.05) is 6.61 Å². The molecule has 2 aliphatic rings. The Balaban J connectivity index is 2.28. The first-order chi connectivity index (χ1) is 10.6. The van der Waals surface area contributed by atoms with Gasteiger partial charge >= 0.3 is 0 Å². The highest BCUT2D eigenvalue weighted by atomic mass is 79.9. The van der Waals surface area contributed by atoms with Crippen LogP contribution in [-0.2, 0) is 0 Å². The Hall–Kier alpha value is 0.140. The maximum absolute atomic E-state index is 11.1. The van der Waals surface area contributed by atoms with E-state index in [0.717, 1.165) is 25.7 Å². The molecule has 0 aliphatic heterocycles. The molecule has 5 atom stereocenters. The van der Waals surface area contributed by atoms with Crippen molar-refractivity contribution in [2.24, 2.45) is 22.7 Å². The van der Waals surface area contributed by atoms with Gasteiger partial charge in [0.1, 0.15) is 0 Å². The summed E-state index contributed by atoms with van der Waals surface area (Å²) < 4.78 is 0. The first-order valence-corrected chi connectivity index (χ1v) is 10.1. The van der Waals surface area contributed by atoms with Crippen LogP contribution in [0.25, 0.3) is 0 Å². The van der Waals surface area contributed by atoms with Gasteiger partial charge in [-0.15, -0.1) is 0 Å². The van der Waals surface area contributed by atoms with Crippen LogP contribution >= 0.6 is 15.9 Å². The highest BCUT2D eigenvalue weighted by Crippen LogP contribution is 2.64. The van der Waals surface area contributed by atoms with Crippen LogP contribution in [0.1, 0.15) is 73.1 Å². The van der Waals surface area contributed by atoms with Crippen LogP contribution in [0.5, 0.6) is 0 Å². The van der Waals surface area contributed by atoms with Crippen LogP contribution in [0, 0.1) is 22.7 Å². The van der Waals surface area contributed by atoms with E-state index in [2.05, 4.69) is 50.5 Å². The van der Waals surface area contributed by atoms with Crippen molar-refractivity contribution in [3.05, 3.63) is 11.6 Å². The molecule has 0 spiro atoms. The molecule has 2 N–H and O–H groups in total. The van der Waals surface area contributed by atoms with Crippen molar-refractivity contribution in [3.8, 4) is 0 Å². The summed E-state index contributed by atoms with van der Waals surface area (Å²) in [6.07, 6.45) is 8.31. The molecular formula is C20H35BrO2. The molecule has 23 heavy (non-hydrogen) atoms. The highest BCUT2D eigenvalue weighted by Gasteiger charge is 2.59. The lowest BCUT2D eigenvalue weighted by atomic mass is 9.45. The number of aliphatic hydroxyl groups is 2. The zero-order valence-corrected chi connectivity index (χ0v) is 17.1. The summed E-state index contributed by atoms with van der Waals surface area (Å²) in [4.78, 5) is 0.577. The van der Waals surface area contributed by atoms with Crippen LogP contribution < -0.4 is 0 Å². The van der Waals surface area contributed by atoms with Crippen LogP contribution in [-0.4, -0.2) is 27.2 Å². The quantitative estimate of drug-likeness (QED) is 0.522. The van der Waals surface area contributed by atoms with E-state index >= 15 is 0 Å². The van der Waals surface area contributed by atoms with Gasteiger partial charge in [-0.2, -0.15) is 0 Å². The van der Waals surface area contributed by atoms with Crippen LogP contribution in [0.2, 0.25) is 0 Å². The fourth-order valence-electron chi connectivity index (χ4n) is 5.76. The van der Waals surface area contributed by atoms with Gasteiger partial charge in [0.25, 0.3) is 0 Å². The molecule has 0 radical (unpaired) electrons. The Labute approximate surface area is 150 Å². The van der Waals surface area contributed by atoms with Gasteiger partial charge in [0.2, 0.25) is 0 Å². The number of fused-ring (bicyclic) bond motifs is 1. The van der Waals surface area contributed by atoms with Gasteiger partial charge in [-0.1, -0.05) is 48.4 Å². The maximum atomic E-state index is 11.1. The minimum atomic E-state index is -0.569. The summed E-state index contributed by atoms with van der Waals surface area (Å²) in [5, 5.41) is 20.2. The monoisotopic (exact) mass is 386 g/mol. The summed E-state index contributed by atoms with van der Waals surface area (Å²) in [5.41, 5.74) is 1.15. The number of allylic oxidation sites excluding steroid dienone is 1. The highest BCUT2D eigenvalue weighted by molar-refractivity contribution is 9.09. The van der Waals surface area contributed by atoms with E-state index in [9.17, 15) is 5.11 Å². The average Bonchev–Trinajstić information content (AvgIpc) is 2.42. The summed E-state index contributed by atoms with van der Waals surface area (Å²) in [7, 11) is 0. The largest absolute Gasteiger partial charge is 0.392 e. The van der Waals surface area contributed by atoms with E-state index in [-0.39, 0.29) is 17.4 Å². The van der Waals surface area contributed by atoms with E-state index in [0.29, 0.717) is 16.7 Å². The predicted molar refractivity (Wildman–Crippen MR) is 101 cm³/mol. The Kier molecular flexibility index (Phi) is 5.76. The van der Waals surface area contributed by atoms with Gasteiger partial charge in [-0.3, -0.25) is 0 Å². The minimum absolute atomic E-state index is 0.116. The van der Waals surface area contributed by atoms with Crippen molar-refractivity contribution in [1.29, 1.82) is 0 Å². The molecule has 2 saturated carbocycles. The fraction of sp³-hybridized carbons (Fsp3) is 0.900. The number of aliphatic hydroxyl groups excluding tert-OH is 1. The molecule has 0 amide bonds. The standard InChI is InChI=1S/C20H35BrO2/c1-14(10-13-22)6-7-16-19(4)11-9-17(21)18(2,3)15(19)8-12-20(16,5)23/h10,15-17,22-23H,6-9,11-13H2,1-5H3/b14-10+/t15-,16+,17-,19-,20-/m0/s1. The maximum Gasteiger partial charge on any atom is 0.0653 e. The molecule has 2 rings (SSSR count). The fourth-order valence-corrected chi connectivity index (χ4v) is 6.31. The molecule has 0 unspecified atom stereocenters. The second-order valence-electron chi connectivity index (χ2n) is 9.11. The summed E-state index contributed by atoms with van der Waals surface area (Å²) in [5.74, 6) is 0.982. The summed E-state index contributed by atoms with van der Waals surface area (Å²) in [6, 6.07) is 0. The summed E-state index contributed by atoms with van der Waals surface area (Å²) >= 11 is 3.93. The van der Waals surface area contributed by atoms with Crippen molar-refractivity contribution in [1.82, 2.24) is 0 Å². The van der Waals surface area contributed by atoms with E-state index < -0.39 is 5.60 Å². The van der Waals surface area contributed by atoms with E-state index in [1.807, 2.05) is 6.08 Å². The molecule has 0 aromatic rings. The van der Waals surface area contributed by atoms with Crippen molar-refractivity contribution in [3.63, 3.8) is 0 Å². The van der Waals surface area contributed by atoms with E-state index in [1.54, 1.807) is 0 Å². The van der Waals surface area contributed by atoms with Crippen molar-refractivity contribution >= 4 is 15.9 Å². The molecule has 2 aliphatic carbocycles. The second-order valence-corrected chi connectivity index (χ2v) is 10.2. The number of rotatable bonds is 4. The zero-order valence-electron chi connectivity index (χ0n) is 15.5. The van der Waals surface area contributed by atoms with Crippen molar-refractivity contribution in [2.45, 2.75) is 83.6 Å². The lowest BCUT2D eigenvalue weighted by Crippen LogP contribution is -2.59. The van der Waals surface area contributed by atoms with Crippen LogP contribution in [0.4, 0.5) is 0 Å².